The third-order valence-corrected chi connectivity index (χ3v) is 6.39. The number of benzene rings is 1. The molecule has 1 N–H and O–H groups in total. The highest BCUT2D eigenvalue weighted by Gasteiger charge is 2.42. The Bertz CT molecular complexity index is 1210. The highest BCUT2D eigenvalue weighted by atomic mass is 35.5. The molecule has 1 saturated carbocycles. The molecule has 2 fully saturated rings. The van der Waals surface area contributed by atoms with Gasteiger partial charge in [0, 0.05) is 54.2 Å². The number of nitrogens with zero attached hydrogens (tertiary/aromatic N) is 5. The molecular weight excluding hydrogens is 435 g/mol. The van der Waals surface area contributed by atoms with Crippen molar-refractivity contribution in [3.63, 3.8) is 0 Å². The quantitative estimate of drug-likeness (QED) is 0.591. The molecule has 0 spiro atoms. The van der Waals surface area contributed by atoms with Gasteiger partial charge in [-0.25, -0.2) is 14.1 Å². The summed E-state index contributed by atoms with van der Waals surface area (Å²) in [5.41, 5.74) is 1.06. The number of piperidine rings is 1. The van der Waals surface area contributed by atoms with E-state index in [-0.39, 0.29) is 28.8 Å². The summed E-state index contributed by atoms with van der Waals surface area (Å²) in [4.78, 5) is 10.8. The minimum atomic E-state index is -2.62. The number of aromatic nitrogens is 4. The van der Waals surface area contributed by atoms with E-state index >= 15 is 0 Å². The average Bonchev–Trinajstić information content (AvgIpc) is 3.32. The van der Waals surface area contributed by atoms with E-state index < -0.39 is 12.8 Å². The lowest BCUT2D eigenvalue weighted by atomic mass is 9.92. The van der Waals surface area contributed by atoms with E-state index in [1.807, 2.05) is 12.1 Å². The van der Waals surface area contributed by atoms with Crippen LogP contribution in [-0.4, -0.2) is 46.0 Å². The van der Waals surface area contributed by atoms with Crippen LogP contribution in [0.4, 0.5) is 16.0 Å². The molecular formula is C22H24ClFN6O2. The Hall–Kier alpha value is -3.07. The number of methoxy groups -OCH3 is 1. The smallest absolute Gasteiger partial charge is 0.321 e. The molecule has 5 rings (SSSR count). The molecule has 2 aromatic heterocycles. The molecule has 0 radical (unpaired) electrons. The van der Waals surface area contributed by atoms with Crippen molar-refractivity contribution in [1.82, 2.24) is 19.7 Å². The zero-order chi connectivity index (χ0) is 24.7. The van der Waals surface area contributed by atoms with E-state index in [1.165, 1.54) is 12.1 Å². The van der Waals surface area contributed by atoms with Gasteiger partial charge in [-0.2, -0.15) is 4.98 Å². The fourth-order valence-electron chi connectivity index (χ4n) is 4.60. The summed E-state index contributed by atoms with van der Waals surface area (Å²) in [6.07, 6.45) is 3.82. The number of nitrogens with one attached hydrogen (secondary N) is 1. The number of ether oxygens (including phenoxy) is 2. The molecule has 1 aliphatic heterocycles. The Morgan fingerprint density at radius 1 is 1.22 bits per heavy atom. The van der Waals surface area contributed by atoms with Gasteiger partial charge in [0.05, 0.1) is 12.1 Å². The predicted octanol–water partition coefficient (Wildman–Crippen LogP) is 4.13. The Labute approximate surface area is 194 Å². The molecule has 3 aromatic rings. The molecule has 3 atom stereocenters. The summed E-state index contributed by atoms with van der Waals surface area (Å²) in [7, 11) is 1.60. The first-order valence-corrected chi connectivity index (χ1v) is 10.7. The van der Waals surface area contributed by atoms with Crippen molar-refractivity contribution in [2.75, 3.05) is 30.4 Å². The van der Waals surface area contributed by atoms with Crippen LogP contribution >= 0.6 is 11.6 Å². The highest BCUT2D eigenvalue weighted by molar-refractivity contribution is 6.30. The van der Waals surface area contributed by atoms with Crippen molar-refractivity contribution in [3.05, 3.63) is 47.4 Å². The Kier molecular flexibility index (Phi) is 4.62. The molecule has 0 unspecified atom stereocenters. The van der Waals surface area contributed by atoms with E-state index in [2.05, 4.69) is 25.3 Å². The lowest BCUT2D eigenvalue weighted by Crippen LogP contribution is -2.48. The van der Waals surface area contributed by atoms with Crippen molar-refractivity contribution >= 4 is 23.2 Å². The second kappa shape index (κ2) is 8.46. The fraction of sp³-hybridized carbons (Fsp3) is 0.409. The maximum Gasteiger partial charge on any atom is 0.321 e. The SMILES string of the molecule is [2H]C([2H])([2H])n1nc(N[C@@H]2[C@@H]3CC[C@H]2CN(c2ccnc(OC)c2)C3)nc1Oc1ccc(F)c(Cl)c1. The van der Waals surface area contributed by atoms with E-state index in [1.54, 1.807) is 13.3 Å². The first-order valence-electron chi connectivity index (χ1n) is 11.8. The van der Waals surface area contributed by atoms with Gasteiger partial charge in [0.25, 0.3) is 0 Å². The van der Waals surface area contributed by atoms with E-state index in [0.717, 1.165) is 42.4 Å². The van der Waals surface area contributed by atoms with Crippen LogP contribution in [0.15, 0.2) is 36.5 Å². The maximum absolute atomic E-state index is 13.5. The second-order valence-electron chi connectivity index (χ2n) is 8.04. The lowest BCUT2D eigenvalue weighted by molar-refractivity contribution is 0.374. The second-order valence-corrected chi connectivity index (χ2v) is 8.44. The Balaban J connectivity index is 1.34. The molecule has 32 heavy (non-hydrogen) atoms. The third kappa shape index (κ3) is 4.04. The zero-order valence-corrected chi connectivity index (χ0v) is 18.1. The van der Waals surface area contributed by atoms with E-state index in [4.69, 9.17) is 25.2 Å². The van der Waals surface area contributed by atoms with Crippen LogP contribution in [0.2, 0.25) is 5.02 Å². The van der Waals surface area contributed by atoms with Crippen molar-refractivity contribution in [3.8, 4) is 17.6 Å². The molecule has 168 valence electrons. The number of pyridine rings is 1. The first kappa shape index (κ1) is 17.5. The monoisotopic (exact) mass is 461 g/mol. The van der Waals surface area contributed by atoms with Gasteiger partial charge in [-0.15, -0.1) is 5.10 Å². The van der Waals surface area contributed by atoms with Crippen LogP contribution in [0.5, 0.6) is 17.6 Å². The molecule has 0 amide bonds. The van der Waals surface area contributed by atoms with E-state index in [0.29, 0.717) is 17.7 Å². The van der Waals surface area contributed by atoms with Crippen LogP contribution in [0, 0.1) is 17.7 Å². The van der Waals surface area contributed by atoms with Crippen molar-refractivity contribution in [2.45, 2.75) is 18.9 Å². The third-order valence-electron chi connectivity index (χ3n) is 6.10. The topological polar surface area (TPSA) is 77.3 Å². The summed E-state index contributed by atoms with van der Waals surface area (Å²) >= 11 is 5.82. The van der Waals surface area contributed by atoms with Crippen LogP contribution < -0.4 is 19.7 Å². The molecule has 1 aromatic carbocycles. The number of hydrogen-bond acceptors (Lipinski definition) is 7. The molecule has 2 bridgehead atoms. The van der Waals surface area contributed by atoms with Crippen LogP contribution in [0.25, 0.3) is 0 Å². The normalized spacial score (nSPS) is 23.9. The average molecular weight is 462 g/mol. The number of aryl methyl sites for hydroxylation is 1. The van der Waals surface area contributed by atoms with Gasteiger partial charge in [0.2, 0.25) is 11.8 Å². The van der Waals surface area contributed by atoms with Gasteiger partial charge >= 0.3 is 6.01 Å². The number of rotatable bonds is 6. The Morgan fingerprint density at radius 3 is 2.75 bits per heavy atom. The van der Waals surface area contributed by atoms with Crippen LogP contribution in [0.3, 0.4) is 0 Å². The number of halogens is 2. The van der Waals surface area contributed by atoms with Gasteiger partial charge < -0.3 is 19.7 Å². The summed E-state index contributed by atoms with van der Waals surface area (Å²) in [5, 5.41) is 7.38. The standard InChI is InChI=1S/C22H24ClFN6O2/c1-29-22(32-16-5-6-18(24)17(23)10-16)27-21(28-29)26-20-13-3-4-14(20)12-30(11-13)15-7-8-25-19(9-15)31-2/h5-10,13-14,20H,3-4,11-12H2,1-2H3,(H,26,28)/t13-,14+,20-/i1D3. The molecule has 8 nitrogen and oxygen atoms in total. The van der Waals surface area contributed by atoms with Crippen molar-refractivity contribution in [1.29, 1.82) is 0 Å². The van der Waals surface area contributed by atoms with Gasteiger partial charge in [-0.3, -0.25) is 0 Å². The minimum Gasteiger partial charge on any atom is -0.481 e. The largest absolute Gasteiger partial charge is 0.481 e. The molecule has 1 aliphatic carbocycles. The zero-order valence-electron chi connectivity index (χ0n) is 20.3. The number of hydrogen-bond donors (Lipinski definition) is 1. The van der Waals surface area contributed by atoms with E-state index in [9.17, 15) is 4.39 Å². The lowest BCUT2D eigenvalue weighted by Gasteiger charge is -2.39. The molecule has 10 heteroatoms. The molecule has 1 saturated heterocycles. The number of fused-ring (bicyclic) bond motifs is 2. The van der Waals surface area contributed by atoms with Gasteiger partial charge in [0.1, 0.15) is 11.6 Å². The van der Waals surface area contributed by atoms with Crippen molar-refractivity contribution < 1.29 is 18.0 Å². The maximum atomic E-state index is 13.5. The van der Waals surface area contributed by atoms with Gasteiger partial charge in [-0.05, 0) is 42.9 Å². The summed E-state index contributed by atoms with van der Waals surface area (Å²) in [6.45, 7) is -0.952. The van der Waals surface area contributed by atoms with Crippen LogP contribution in [-0.2, 0) is 6.98 Å². The highest BCUT2D eigenvalue weighted by Crippen LogP contribution is 2.40. The first-order chi connectivity index (χ1) is 16.7. The summed E-state index contributed by atoms with van der Waals surface area (Å²) in [5.74, 6) is 0.947. The van der Waals surface area contributed by atoms with Gasteiger partial charge in [-0.1, -0.05) is 11.6 Å². The molecule has 2 aliphatic rings. The van der Waals surface area contributed by atoms with Gasteiger partial charge in [0.15, 0.2) is 0 Å². The Morgan fingerprint density at radius 2 is 2.03 bits per heavy atom. The summed E-state index contributed by atoms with van der Waals surface area (Å²) < 4.78 is 48.6. The molecule has 3 heterocycles. The predicted molar refractivity (Wildman–Crippen MR) is 119 cm³/mol. The fourth-order valence-corrected chi connectivity index (χ4v) is 4.77. The van der Waals surface area contributed by atoms with Crippen LogP contribution in [0.1, 0.15) is 17.0 Å². The number of anilines is 2. The minimum absolute atomic E-state index is 0.0931. The summed E-state index contributed by atoms with van der Waals surface area (Å²) in [6, 6.07) is 7.50. The van der Waals surface area contributed by atoms with Crippen molar-refractivity contribution in [2.24, 2.45) is 18.8 Å².